The van der Waals surface area contributed by atoms with E-state index >= 15 is 0 Å². The van der Waals surface area contributed by atoms with Crippen LogP contribution in [0.1, 0.15) is 16.8 Å². The van der Waals surface area contributed by atoms with Crippen LogP contribution >= 0.6 is 11.8 Å². The second kappa shape index (κ2) is 7.14. The number of aromatic nitrogens is 1. The Kier molecular flexibility index (Phi) is 5.24. The topological polar surface area (TPSA) is 54.0 Å². The van der Waals surface area contributed by atoms with Crippen LogP contribution < -0.4 is 10.6 Å². The largest absolute Gasteiger partial charge is 0.373 e. The van der Waals surface area contributed by atoms with Gasteiger partial charge in [-0.05, 0) is 23.8 Å². The summed E-state index contributed by atoms with van der Waals surface area (Å²) in [7, 11) is 1.83. The number of carbonyl (C=O) groups is 1. The second-order valence-electron chi connectivity index (χ2n) is 4.42. The number of benzene rings is 1. The molecule has 0 fully saturated rings. The Morgan fingerprint density at radius 1 is 1.30 bits per heavy atom. The number of anilines is 1. The highest BCUT2D eigenvalue weighted by Crippen LogP contribution is 2.23. The number of nitrogens with one attached hydrogen (secondary N) is 2. The molecule has 0 aliphatic rings. The monoisotopic (exact) mass is 289 g/mol. The maximum absolute atomic E-state index is 12.2. The molecule has 4 nitrogen and oxygen atoms in total. The van der Waals surface area contributed by atoms with Gasteiger partial charge in [0.1, 0.15) is 5.82 Å². The molecule has 0 aliphatic heterocycles. The molecule has 0 saturated heterocycles. The number of nitrogens with zero attached hydrogens (tertiary/aromatic N) is 1. The summed E-state index contributed by atoms with van der Waals surface area (Å²) in [6.07, 6.45) is 4.68. The van der Waals surface area contributed by atoms with Crippen LogP contribution in [0.2, 0.25) is 0 Å². The lowest BCUT2D eigenvalue weighted by atomic mass is 10.1. The predicted molar refractivity (Wildman–Crippen MR) is 86.6 cm³/mol. The number of amides is 1. The summed E-state index contributed by atoms with van der Waals surface area (Å²) in [4.78, 5) is 16.6. The van der Waals surface area contributed by atoms with Crippen LogP contribution in [0.3, 0.4) is 0 Å². The van der Waals surface area contributed by atoms with Gasteiger partial charge >= 0.3 is 0 Å². The van der Waals surface area contributed by atoms with Crippen LogP contribution in [-0.2, 0) is 0 Å². The lowest BCUT2D eigenvalue weighted by Gasteiger charge is -2.10. The zero-order chi connectivity index (χ0) is 14.4. The van der Waals surface area contributed by atoms with Crippen molar-refractivity contribution in [2.75, 3.05) is 30.9 Å². The molecule has 2 aromatic rings. The van der Waals surface area contributed by atoms with Crippen LogP contribution in [-0.4, -0.2) is 36.5 Å². The molecule has 2 rings (SSSR count). The van der Waals surface area contributed by atoms with Gasteiger partial charge in [0, 0.05) is 25.2 Å². The number of rotatable bonds is 6. The lowest BCUT2D eigenvalue weighted by Crippen LogP contribution is -2.25. The molecule has 20 heavy (non-hydrogen) atoms. The standard InChI is InChI=1S/C15H19N3OS/c1-16-14-12-7-4-3-6-11(12)13(10-18-14)15(19)17-8-5-9-20-2/h3-4,6-7,10H,5,8-9H2,1-2H3,(H,16,18)(H,17,19). The molecule has 1 amide bonds. The predicted octanol–water partition coefficient (Wildman–Crippen LogP) is 2.76. The fraction of sp³-hybridized carbons (Fsp3) is 0.333. The van der Waals surface area contributed by atoms with E-state index in [0.29, 0.717) is 12.1 Å². The average Bonchev–Trinajstić information content (AvgIpc) is 2.50. The fourth-order valence-electron chi connectivity index (χ4n) is 2.09. The van der Waals surface area contributed by atoms with Crippen molar-refractivity contribution < 1.29 is 4.79 Å². The summed E-state index contributed by atoms with van der Waals surface area (Å²) in [6.45, 7) is 0.696. The van der Waals surface area contributed by atoms with Gasteiger partial charge in [-0.1, -0.05) is 24.3 Å². The summed E-state index contributed by atoms with van der Waals surface area (Å²) in [6, 6.07) is 7.81. The number of carbonyl (C=O) groups excluding carboxylic acids is 1. The summed E-state index contributed by atoms with van der Waals surface area (Å²) in [5.41, 5.74) is 0.628. The van der Waals surface area contributed by atoms with Gasteiger partial charge in [0.2, 0.25) is 0 Å². The second-order valence-corrected chi connectivity index (χ2v) is 5.40. The van der Waals surface area contributed by atoms with Crippen molar-refractivity contribution in [2.24, 2.45) is 0 Å². The SMILES string of the molecule is CNc1ncc(C(=O)NCCCSC)c2ccccc12. The van der Waals surface area contributed by atoms with E-state index in [1.807, 2.05) is 31.3 Å². The Morgan fingerprint density at radius 3 is 2.75 bits per heavy atom. The first-order valence-corrected chi connectivity index (χ1v) is 8.00. The average molecular weight is 289 g/mol. The Hall–Kier alpha value is -1.75. The molecule has 0 bridgehead atoms. The van der Waals surface area contributed by atoms with Crippen molar-refractivity contribution in [3.63, 3.8) is 0 Å². The quantitative estimate of drug-likeness (QED) is 0.803. The molecule has 0 saturated carbocycles. The van der Waals surface area contributed by atoms with E-state index in [-0.39, 0.29) is 5.91 Å². The van der Waals surface area contributed by atoms with E-state index in [1.165, 1.54) is 0 Å². The van der Waals surface area contributed by atoms with Gasteiger partial charge in [-0.2, -0.15) is 11.8 Å². The highest BCUT2D eigenvalue weighted by Gasteiger charge is 2.12. The Bertz CT molecular complexity index is 601. The molecule has 0 spiro atoms. The molecule has 1 aromatic carbocycles. The third kappa shape index (κ3) is 3.22. The summed E-state index contributed by atoms with van der Waals surface area (Å²) in [5, 5.41) is 7.89. The normalized spacial score (nSPS) is 10.5. The molecule has 0 unspecified atom stereocenters. The van der Waals surface area contributed by atoms with E-state index in [9.17, 15) is 4.79 Å². The van der Waals surface area contributed by atoms with Crippen molar-refractivity contribution in [3.05, 3.63) is 36.0 Å². The molecule has 0 atom stereocenters. The van der Waals surface area contributed by atoms with E-state index in [2.05, 4.69) is 21.9 Å². The third-order valence-corrected chi connectivity index (χ3v) is 3.78. The maximum atomic E-state index is 12.2. The van der Waals surface area contributed by atoms with Crippen molar-refractivity contribution in [1.82, 2.24) is 10.3 Å². The van der Waals surface area contributed by atoms with Crippen LogP contribution in [0, 0.1) is 0 Å². The maximum Gasteiger partial charge on any atom is 0.253 e. The van der Waals surface area contributed by atoms with E-state index in [4.69, 9.17) is 0 Å². The van der Waals surface area contributed by atoms with Crippen molar-refractivity contribution in [2.45, 2.75) is 6.42 Å². The first kappa shape index (κ1) is 14.7. The minimum Gasteiger partial charge on any atom is -0.373 e. The number of fused-ring (bicyclic) bond motifs is 1. The molecule has 2 N–H and O–H groups in total. The van der Waals surface area contributed by atoms with Gasteiger partial charge in [-0.25, -0.2) is 4.98 Å². The molecule has 106 valence electrons. The zero-order valence-electron chi connectivity index (χ0n) is 11.8. The molecule has 0 aliphatic carbocycles. The minimum atomic E-state index is -0.0579. The first-order chi connectivity index (χ1) is 9.77. The van der Waals surface area contributed by atoms with E-state index in [1.54, 1.807) is 18.0 Å². The van der Waals surface area contributed by atoms with E-state index in [0.717, 1.165) is 28.8 Å². The fourth-order valence-corrected chi connectivity index (χ4v) is 2.52. The van der Waals surface area contributed by atoms with Gasteiger partial charge in [-0.15, -0.1) is 0 Å². The number of thioether (sulfide) groups is 1. The van der Waals surface area contributed by atoms with Gasteiger partial charge in [0.15, 0.2) is 0 Å². The molecule has 5 heteroatoms. The van der Waals surface area contributed by atoms with Crippen LogP contribution in [0.15, 0.2) is 30.5 Å². The molecular formula is C15H19N3OS. The van der Waals surface area contributed by atoms with Crippen LogP contribution in [0.5, 0.6) is 0 Å². The zero-order valence-corrected chi connectivity index (χ0v) is 12.6. The third-order valence-electron chi connectivity index (χ3n) is 3.09. The number of hydrogen-bond donors (Lipinski definition) is 2. The van der Waals surface area contributed by atoms with Gasteiger partial charge in [0.05, 0.1) is 5.56 Å². The Labute approximate surface area is 123 Å². The number of pyridine rings is 1. The highest BCUT2D eigenvalue weighted by atomic mass is 32.2. The Balaban J connectivity index is 2.24. The van der Waals surface area contributed by atoms with Gasteiger partial charge in [-0.3, -0.25) is 4.79 Å². The minimum absolute atomic E-state index is 0.0579. The summed E-state index contributed by atoms with van der Waals surface area (Å²) in [5.74, 6) is 1.79. The van der Waals surface area contributed by atoms with Crippen molar-refractivity contribution in [3.8, 4) is 0 Å². The van der Waals surface area contributed by atoms with E-state index < -0.39 is 0 Å². The lowest BCUT2D eigenvalue weighted by molar-refractivity contribution is 0.0955. The van der Waals surface area contributed by atoms with Crippen LogP contribution in [0.4, 0.5) is 5.82 Å². The Morgan fingerprint density at radius 2 is 2.05 bits per heavy atom. The molecular weight excluding hydrogens is 270 g/mol. The smallest absolute Gasteiger partial charge is 0.253 e. The molecule has 1 heterocycles. The van der Waals surface area contributed by atoms with Gasteiger partial charge < -0.3 is 10.6 Å². The molecule has 0 radical (unpaired) electrons. The highest BCUT2D eigenvalue weighted by molar-refractivity contribution is 7.98. The first-order valence-electron chi connectivity index (χ1n) is 6.60. The van der Waals surface area contributed by atoms with Gasteiger partial charge in [0.25, 0.3) is 5.91 Å². The van der Waals surface area contributed by atoms with Crippen molar-refractivity contribution in [1.29, 1.82) is 0 Å². The summed E-state index contributed by atoms with van der Waals surface area (Å²) < 4.78 is 0. The van der Waals surface area contributed by atoms with Crippen molar-refractivity contribution >= 4 is 34.3 Å². The summed E-state index contributed by atoms with van der Waals surface area (Å²) >= 11 is 1.78. The molecule has 1 aromatic heterocycles. The van der Waals surface area contributed by atoms with Crippen LogP contribution in [0.25, 0.3) is 10.8 Å². The number of hydrogen-bond acceptors (Lipinski definition) is 4.